The van der Waals surface area contributed by atoms with Gasteiger partial charge >= 0.3 is 0 Å². The van der Waals surface area contributed by atoms with Crippen molar-refractivity contribution < 1.29 is 9.59 Å². The number of carbonyl (C=O) groups excluding carboxylic acids is 2. The number of hydrogen-bond acceptors (Lipinski definition) is 2. The van der Waals surface area contributed by atoms with Crippen molar-refractivity contribution in [1.29, 1.82) is 0 Å². The Kier molecular flexibility index (Phi) is 6.38. The number of benzene rings is 2. The molecule has 0 fully saturated rings. The van der Waals surface area contributed by atoms with Crippen LogP contribution in [0, 0.1) is 13.8 Å². The molecule has 0 aliphatic rings. The first-order valence-electron chi connectivity index (χ1n) is 7.86. The Morgan fingerprint density at radius 1 is 1.04 bits per heavy atom. The first-order chi connectivity index (χ1) is 11.5. The predicted molar refractivity (Wildman–Crippen MR) is 97.6 cm³/mol. The zero-order valence-corrected chi connectivity index (χ0v) is 14.6. The van der Waals surface area contributed by atoms with Crippen molar-refractivity contribution in [3.05, 3.63) is 64.2 Å². The number of aryl methyl sites for hydroxylation is 2. The molecule has 0 atom stereocenters. The fraction of sp³-hybridized carbons (Fsp3) is 0.263. The van der Waals surface area contributed by atoms with Crippen LogP contribution >= 0.6 is 11.6 Å². The predicted octanol–water partition coefficient (Wildman–Crippen LogP) is 4.11. The highest BCUT2D eigenvalue weighted by Crippen LogP contribution is 2.16. The third kappa shape index (κ3) is 5.39. The average Bonchev–Trinajstić information content (AvgIpc) is 2.55. The Hall–Kier alpha value is -2.33. The van der Waals surface area contributed by atoms with Gasteiger partial charge in [0.15, 0.2) is 0 Å². The molecule has 2 aromatic carbocycles. The normalized spacial score (nSPS) is 10.3. The highest BCUT2D eigenvalue weighted by atomic mass is 35.5. The largest absolute Gasteiger partial charge is 0.352 e. The van der Waals surface area contributed by atoms with Crippen molar-refractivity contribution in [3.8, 4) is 0 Å². The van der Waals surface area contributed by atoms with E-state index >= 15 is 0 Å². The average molecular weight is 345 g/mol. The van der Waals surface area contributed by atoms with E-state index in [1.807, 2.05) is 32.0 Å². The maximum atomic E-state index is 12.0. The molecular weight excluding hydrogens is 324 g/mol. The monoisotopic (exact) mass is 344 g/mol. The summed E-state index contributed by atoms with van der Waals surface area (Å²) in [7, 11) is 0. The minimum absolute atomic E-state index is 0.0531. The van der Waals surface area contributed by atoms with Gasteiger partial charge in [-0.05, 0) is 56.2 Å². The molecule has 2 N–H and O–H groups in total. The van der Waals surface area contributed by atoms with Gasteiger partial charge in [0.25, 0.3) is 5.91 Å². The van der Waals surface area contributed by atoms with E-state index < -0.39 is 0 Å². The molecular formula is C19H21ClN2O2. The summed E-state index contributed by atoms with van der Waals surface area (Å²) in [6.07, 6.45) is 0.935. The van der Waals surface area contributed by atoms with Crippen molar-refractivity contribution >= 4 is 29.1 Å². The summed E-state index contributed by atoms with van der Waals surface area (Å²) in [5.74, 6) is -0.218. The topological polar surface area (TPSA) is 58.2 Å². The van der Waals surface area contributed by atoms with Gasteiger partial charge in [0, 0.05) is 29.2 Å². The number of amides is 2. The van der Waals surface area contributed by atoms with Crippen LogP contribution in [-0.2, 0) is 4.79 Å². The van der Waals surface area contributed by atoms with Gasteiger partial charge < -0.3 is 10.6 Å². The summed E-state index contributed by atoms with van der Waals surface area (Å²) in [4.78, 5) is 23.9. The minimum atomic E-state index is -0.165. The molecule has 0 spiro atoms. The highest BCUT2D eigenvalue weighted by molar-refractivity contribution is 6.30. The summed E-state index contributed by atoms with van der Waals surface area (Å²) in [6.45, 7) is 4.43. The molecule has 0 saturated carbocycles. The van der Waals surface area contributed by atoms with E-state index in [0.717, 1.165) is 16.8 Å². The van der Waals surface area contributed by atoms with Crippen molar-refractivity contribution in [2.45, 2.75) is 26.7 Å². The van der Waals surface area contributed by atoms with Crippen LogP contribution in [0.4, 0.5) is 5.69 Å². The van der Waals surface area contributed by atoms with E-state index in [-0.39, 0.29) is 11.8 Å². The zero-order valence-electron chi connectivity index (χ0n) is 13.9. The summed E-state index contributed by atoms with van der Waals surface area (Å²) >= 11 is 5.79. The number of halogens is 1. The molecule has 2 rings (SSSR count). The first-order valence-corrected chi connectivity index (χ1v) is 8.24. The molecule has 0 radical (unpaired) electrons. The third-order valence-electron chi connectivity index (χ3n) is 3.63. The molecule has 4 nitrogen and oxygen atoms in total. The van der Waals surface area contributed by atoms with Crippen molar-refractivity contribution in [3.63, 3.8) is 0 Å². The molecule has 0 aliphatic heterocycles. The molecule has 2 aromatic rings. The molecule has 0 aromatic heterocycles. The minimum Gasteiger partial charge on any atom is -0.352 e. The molecule has 0 unspecified atom stereocenters. The third-order valence-corrected chi connectivity index (χ3v) is 3.88. The SMILES string of the molecule is Cc1ccc(NC(=O)CCCNC(=O)c2ccc(Cl)cc2)c(C)c1. The van der Waals surface area contributed by atoms with Crippen LogP contribution in [0.3, 0.4) is 0 Å². The lowest BCUT2D eigenvalue weighted by atomic mass is 10.1. The van der Waals surface area contributed by atoms with Crippen molar-refractivity contribution in [1.82, 2.24) is 5.32 Å². The maximum Gasteiger partial charge on any atom is 0.251 e. The number of nitrogens with one attached hydrogen (secondary N) is 2. The standard InChI is InChI=1S/C19H21ClN2O2/c1-13-5-10-17(14(2)12-13)22-18(23)4-3-11-21-19(24)15-6-8-16(20)9-7-15/h5-10,12H,3-4,11H2,1-2H3,(H,21,24)(H,22,23). The van der Waals surface area contributed by atoms with Crippen LogP contribution in [0.25, 0.3) is 0 Å². The Labute approximate surface area is 147 Å². The Morgan fingerprint density at radius 2 is 1.75 bits per heavy atom. The smallest absolute Gasteiger partial charge is 0.251 e. The van der Waals surface area contributed by atoms with Gasteiger partial charge in [-0.25, -0.2) is 0 Å². The summed E-state index contributed by atoms with van der Waals surface area (Å²) in [5, 5.41) is 6.28. The quantitative estimate of drug-likeness (QED) is 0.775. The molecule has 126 valence electrons. The molecule has 5 heteroatoms. The Balaban J connectivity index is 1.72. The molecule has 0 aliphatic carbocycles. The van der Waals surface area contributed by atoms with Crippen LogP contribution < -0.4 is 10.6 Å². The zero-order chi connectivity index (χ0) is 17.5. The lowest BCUT2D eigenvalue weighted by molar-refractivity contribution is -0.116. The van der Waals surface area contributed by atoms with Gasteiger partial charge in [-0.2, -0.15) is 0 Å². The van der Waals surface area contributed by atoms with Crippen LogP contribution in [0.15, 0.2) is 42.5 Å². The second-order valence-corrected chi connectivity index (χ2v) is 6.17. The van der Waals surface area contributed by atoms with E-state index in [1.165, 1.54) is 0 Å². The van der Waals surface area contributed by atoms with Crippen molar-refractivity contribution in [2.75, 3.05) is 11.9 Å². The van der Waals surface area contributed by atoms with Gasteiger partial charge in [0.05, 0.1) is 0 Å². The van der Waals surface area contributed by atoms with Gasteiger partial charge in [-0.15, -0.1) is 0 Å². The number of anilines is 1. The van der Waals surface area contributed by atoms with Crippen LogP contribution in [-0.4, -0.2) is 18.4 Å². The van der Waals surface area contributed by atoms with Gasteiger partial charge in [0.1, 0.15) is 0 Å². The van der Waals surface area contributed by atoms with Crippen molar-refractivity contribution in [2.24, 2.45) is 0 Å². The molecule has 0 bridgehead atoms. The fourth-order valence-electron chi connectivity index (χ4n) is 2.32. The second kappa shape index (κ2) is 8.50. The van der Waals surface area contributed by atoms with Gasteiger partial charge in [-0.3, -0.25) is 9.59 Å². The summed E-state index contributed by atoms with van der Waals surface area (Å²) < 4.78 is 0. The number of carbonyl (C=O) groups is 2. The first kappa shape index (κ1) is 18.0. The van der Waals surface area contributed by atoms with E-state index in [9.17, 15) is 9.59 Å². The Bertz CT molecular complexity index is 727. The second-order valence-electron chi connectivity index (χ2n) is 5.73. The lowest BCUT2D eigenvalue weighted by Gasteiger charge is -2.09. The summed E-state index contributed by atoms with van der Waals surface area (Å²) in [6, 6.07) is 12.6. The maximum absolute atomic E-state index is 12.0. The van der Waals surface area contributed by atoms with E-state index in [0.29, 0.717) is 30.0 Å². The lowest BCUT2D eigenvalue weighted by Crippen LogP contribution is -2.25. The fourth-order valence-corrected chi connectivity index (χ4v) is 2.45. The highest BCUT2D eigenvalue weighted by Gasteiger charge is 2.07. The molecule has 24 heavy (non-hydrogen) atoms. The van der Waals surface area contributed by atoms with E-state index in [4.69, 9.17) is 11.6 Å². The number of rotatable bonds is 6. The molecule has 0 heterocycles. The van der Waals surface area contributed by atoms with E-state index in [2.05, 4.69) is 10.6 Å². The van der Waals surface area contributed by atoms with Crippen LogP contribution in [0.1, 0.15) is 34.3 Å². The Morgan fingerprint density at radius 3 is 2.42 bits per heavy atom. The summed E-state index contributed by atoms with van der Waals surface area (Å²) in [5.41, 5.74) is 3.59. The molecule has 0 saturated heterocycles. The number of hydrogen-bond donors (Lipinski definition) is 2. The van der Waals surface area contributed by atoms with E-state index in [1.54, 1.807) is 24.3 Å². The molecule has 2 amide bonds. The van der Waals surface area contributed by atoms with Gasteiger partial charge in [0.2, 0.25) is 5.91 Å². The van der Waals surface area contributed by atoms with Crippen LogP contribution in [0.5, 0.6) is 0 Å². The van der Waals surface area contributed by atoms with Crippen LogP contribution in [0.2, 0.25) is 5.02 Å². The van der Waals surface area contributed by atoms with Gasteiger partial charge in [-0.1, -0.05) is 29.3 Å².